The van der Waals surface area contributed by atoms with E-state index >= 15 is 0 Å². The van der Waals surface area contributed by atoms with Crippen LogP contribution in [0.15, 0.2) is 47.8 Å². The molecule has 6 nitrogen and oxygen atoms in total. The van der Waals surface area contributed by atoms with Crippen molar-refractivity contribution in [3.05, 3.63) is 64.5 Å². The minimum absolute atomic E-state index is 0.194. The maximum absolute atomic E-state index is 13.5. The second-order valence-corrected chi connectivity index (χ2v) is 7.35. The Labute approximate surface area is 179 Å². The van der Waals surface area contributed by atoms with E-state index in [9.17, 15) is 9.59 Å². The Morgan fingerprint density at radius 1 is 0.933 bits per heavy atom. The lowest BCUT2D eigenvalue weighted by Gasteiger charge is -2.25. The number of carbonyl (C=O) groups excluding carboxylic acids is 2. The van der Waals surface area contributed by atoms with Gasteiger partial charge in [0.1, 0.15) is 11.5 Å². The number of rotatable bonds is 12. The van der Waals surface area contributed by atoms with Crippen LogP contribution in [0.1, 0.15) is 46.0 Å². The largest absolute Gasteiger partial charge is 0.493 e. The van der Waals surface area contributed by atoms with E-state index in [4.69, 9.17) is 9.47 Å². The summed E-state index contributed by atoms with van der Waals surface area (Å²) in [6.45, 7) is 13.8. The molecule has 0 fully saturated rings. The molecule has 0 bridgehead atoms. The van der Waals surface area contributed by atoms with Gasteiger partial charge in [-0.1, -0.05) is 19.2 Å². The average molecular weight is 413 g/mol. The molecule has 0 saturated heterocycles. The Morgan fingerprint density at radius 2 is 1.53 bits per heavy atom. The van der Waals surface area contributed by atoms with Crippen LogP contribution in [0.2, 0.25) is 0 Å². The van der Waals surface area contributed by atoms with Crippen LogP contribution in [-0.4, -0.2) is 52.0 Å². The van der Waals surface area contributed by atoms with E-state index in [0.29, 0.717) is 41.2 Å². The monoisotopic (exact) mass is 412 g/mol. The van der Waals surface area contributed by atoms with Crippen LogP contribution in [0.5, 0.6) is 5.75 Å². The molecule has 0 unspecified atom stereocenters. The highest BCUT2D eigenvalue weighted by Gasteiger charge is 2.37. The minimum Gasteiger partial charge on any atom is -0.493 e. The number of carbonyl (C=O) groups is 2. The van der Waals surface area contributed by atoms with Crippen molar-refractivity contribution in [1.29, 1.82) is 0 Å². The molecular formula is C24H32N2O4. The van der Waals surface area contributed by atoms with Crippen LogP contribution in [-0.2, 0) is 4.74 Å². The Kier molecular flexibility index (Phi) is 8.57. The van der Waals surface area contributed by atoms with Gasteiger partial charge < -0.3 is 20.1 Å². The smallest absolute Gasteiger partial charge is 0.198 e. The molecule has 0 spiro atoms. The summed E-state index contributed by atoms with van der Waals surface area (Å²) in [6.07, 6.45) is 1.54. The van der Waals surface area contributed by atoms with Crippen molar-refractivity contribution in [2.45, 2.75) is 26.7 Å². The molecule has 1 aromatic carbocycles. The van der Waals surface area contributed by atoms with Crippen molar-refractivity contribution in [1.82, 2.24) is 10.6 Å². The summed E-state index contributed by atoms with van der Waals surface area (Å²) in [5, 5.41) is 6.10. The molecule has 6 heteroatoms. The first kappa shape index (κ1) is 23.6. The predicted octanol–water partition coefficient (Wildman–Crippen LogP) is 3.37. The normalized spacial score (nSPS) is 13.3. The second kappa shape index (κ2) is 10.9. The highest BCUT2D eigenvalue weighted by molar-refractivity contribution is 6.31. The molecule has 1 aliphatic carbocycles. The Hall–Kier alpha value is -2.70. The number of nitrogens with one attached hydrogen (secondary N) is 2. The first-order valence-corrected chi connectivity index (χ1v) is 10.2. The minimum atomic E-state index is -0.278. The fraction of sp³-hybridized carbons (Fsp3) is 0.417. The fourth-order valence-electron chi connectivity index (χ4n) is 3.42. The van der Waals surface area contributed by atoms with E-state index in [1.165, 1.54) is 0 Å². The van der Waals surface area contributed by atoms with Gasteiger partial charge in [-0.15, -0.1) is 0 Å². The van der Waals surface area contributed by atoms with Gasteiger partial charge in [-0.25, -0.2) is 0 Å². The van der Waals surface area contributed by atoms with Gasteiger partial charge in [0, 0.05) is 11.1 Å². The van der Waals surface area contributed by atoms with Gasteiger partial charge in [0.25, 0.3) is 0 Å². The molecule has 0 heterocycles. The van der Waals surface area contributed by atoms with Crippen molar-refractivity contribution >= 4 is 11.6 Å². The average Bonchev–Trinajstić information content (AvgIpc) is 2.71. The van der Waals surface area contributed by atoms with Gasteiger partial charge in [0.05, 0.1) is 24.4 Å². The first-order chi connectivity index (χ1) is 14.3. The van der Waals surface area contributed by atoms with Crippen molar-refractivity contribution < 1.29 is 19.1 Å². The van der Waals surface area contributed by atoms with Crippen molar-refractivity contribution in [2.24, 2.45) is 0 Å². The van der Waals surface area contributed by atoms with Gasteiger partial charge in [-0.3, -0.25) is 9.59 Å². The molecule has 0 atom stereocenters. The highest BCUT2D eigenvalue weighted by Crippen LogP contribution is 2.39. The molecule has 30 heavy (non-hydrogen) atoms. The summed E-state index contributed by atoms with van der Waals surface area (Å²) in [5.74, 6) is 0.0648. The van der Waals surface area contributed by atoms with Gasteiger partial charge in [0.2, 0.25) is 0 Å². The van der Waals surface area contributed by atoms with Crippen LogP contribution in [0.4, 0.5) is 0 Å². The summed E-state index contributed by atoms with van der Waals surface area (Å²) >= 11 is 0. The Bertz CT molecular complexity index is 883. The number of fused-ring (bicyclic) bond motifs is 1. The molecule has 0 aliphatic heterocycles. The number of Topliss-reactive ketones (excluding diaryl/α,β-unsaturated/α-hetero) is 2. The molecule has 0 aromatic heterocycles. The number of hydrogen-bond donors (Lipinski definition) is 2. The lowest BCUT2D eigenvalue weighted by atomic mass is 9.79. The van der Waals surface area contributed by atoms with Crippen molar-refractivity contribution in [2.75, 3.05) is 40.4 Å². The van der Waals surface area contributed by atoms with E-state index in [0.717, 1.165) is 25.9 Å². The third-order valence-corrected chi connectivity index (χ3v) is 4.92. The van der Waals surface area contributed by atoms with Gasteiger partial charge >= 0.3 is 0 Å². The Balaban J connectivity index is 2.45. The van der Waals surface area contributed by atoms with E-state index in [1.54, 1.807) is 19.1 Å². The van der Waals surface area contributed by atoms with Crippen molar-refractivity contribution in [3.8, 4) is 5.75 Å². The highest BCUT2D eigenvalue weighted by atomic mass is 16.5. The van der Waals surface area contributed by atoms with E-state index in [2.05, 4.69) is 23.8 Å². The molecule has 2 rings (SSSR count). The van der Waals surface area contributed by atoms with Crippen LogP contribution >= 0.6 is 0 Å². The Morgan fingerprint density at radius 3 is 2.13 bits per heavy atom. The van der Waals surface area contributed by atoms with E-state index < -0.39 is 0 Å². The zero-order valence-electron chi connectivity index (χ0n) is 18.4. The second-order valence-electron chi connectivity index (χ2n) is 7.35. The fourth-order valence-corrected chi connectivity index (χ4v) is 3.42. The third kappa shape index (κ3) is 5.07. The molecule has 0 saturated carbocycles. The molecule has 162 valence electrons. The van der Waals surface area contributed by atoms with Crippen LogP contribution in [0, 0.1) is 6.92 Å². The number of aryl methyl sites for hydroxylation is 1. The zero-order chi connectivity index (χ0) is 22.3. The van der Waals surface area contributed by atoms with Crippen LogP contribution in [0.25, 0.3) is 0 Å². The summed E-state index contributed by atoms with van der Waals surface area (Å²) in [7, 11) is 3.73. The number of hydrogen-bond acceptors (Lipinski definition) is 6. The maximum Gasteiger partial charge on any atom is 0.198 e. The molecule has 1 aliphatic rings. The van der Waals surface area contributed by atoms with Gasteiger partial charge in [-0.2, -0.15) is 0 Å². The van der Waals surface area contributed by atoms with Crippen LogP contribution in [0.3, 0.4) is 0 Å². The summed E-state index contributed by atoms with van der Waals surface area (Å²) in [6, 6.07) is 3.56. The molecule has 1 aromatic rings. The number of benzene rings is 1. The van der Waals surface area contributed by atoms with Crippen LogP contribution < -0.4 is 15.4 Å². The quantitative estimate of drug-likeness (QED) is 0.405. The number of ketones is 2. The lowest BCUT2D eigenvalue weighted by Crippen LogP contribution is -2.26. The molecule has 0 amide bonds. The first-order valence-electron chi connectivity index (χ1n) is 10.2. The number of ether oxygens (including phenoxy) is 2. The third-order valence-electron chi connectivity index (χ3n) is 4.92. The summed E-state index contributed by atoms with van der Waals surface area (Å²) in [4.78, 5) is 27.0. The summed E-state index contributed by atoms with van der Waals surface area (Å²) in [5.41, 5.74) is 2.31. The summed E-state index contributed by atoms with van der Waals surface area (Å²) < 4.78 is 11.6. The molecule has 2 N–H and O–H groups in total. The molecular weight excluding hydrogens is 380 g/mol. The predicted molar refractivity (Wildman–Crippen MR) is 119 cm³/mol. The maximum atomic E-state index is 13.5. The van der Waals surface area contributed by atoms with Gasteiger partial charge in [-0.05, 0) is 71.1 Å². The number of allylic oxidation sites excluding steroid dienone is 3. The van der Waals surface area contributed by atoms with E-state index in [1.807, 2.05) is 21.0 Å². The molecule has 0 radical (unpaired) electrons. The topological polar surface area (TPSA) is 76.7 Å². The standard InChI is InChI=1S/C24H32N2O4/c1-15(2)19-21(17(4)29-13-7-11-25-5)24(28)20-16(3)9-10-18(22(20)23(19)27)30-14-8-12-26-6/h9-10,25-26H,1,4,7-8,11-14H2,2-3,5-6H3. The zero-order valence-corrected chi connectivity index (χ0v) is 18.4. The van der Waals surface area contributed by atoms with E-state index in [-0.39, 0.29) is 28.5 Å². The van der Waals surface area contributed by atoms with Crippen molar-refractivity contribution in [3.63, 3.8) is 0 Å². The SMILES string of the molecule is C=C(C)C1=C(C(=C)OCCCNC)C(=O)c2c(C)ccc(OCCCNC)c2C1=O. The lowest BCUT2D eigenvalue weighted by molar-refractivity contribution is 0.0962. The van der Waals surface area contributed by atoms with Gasteiger partial charge in [0.15, 0.2) is 11.6 Å².